The Kier molecular flexibility index (Phi) is 6.20. The van der Waals surface area contributed by atoms with Crippen molar-refractivity contribution in [3.63, 3.8) is 0 Å². The minimum Gasteiger partial charge on any atom is -0.369 e. The maximum atomic E-state index is 13.0. The molecular formula is C18H23FN6O2S. The number of halogens is 1. The Morgan fingerprint density at radius 1 is 1.07 bits per heavy atom. The number of nitrogens with zero attached hydrogens (tertiary/aromatic N) is 4. The first kappa shape index (κ1) is 20.2. The second-order valence-corrected chi connectivity index (χ2v) is 8.58. The fourth-order valence-electron chi connectivity index (χ4n) is 2.57. The SMILES string of the molecule is CC(C)CCNc1ccc2nnc(CCNS(=O)(=O)c3ccc(F)cc3)n2n1. The van der Waals surface area contributed by atoms with Crippen molar-refractivity contribution >= 4 is 21.5 Å². The molecule has 1 aromatic carbocycles. The van der Waals surface area contributed by atoms with Crippen molar-refractivity contribution in [2.75, 3.05) is 18.4 Å². The van der Waals surface area contributed by atoms with Gasteiger partial charge in [0.25, 0.3) is 0 Å². The summed E-state index contributed by atoms with van der Waals surface area (Å²) in [6.07, 6.45) is 1.34. The highest BCUT2D eigenvalue weighted by atomic mass is 32.2. The molecule has 3 rings (SSSR count). The Morgan fingerprint density at radius 3 is 2.54 bits per heavy atom. The van der Waals surface area contributed by atoms with Crippen LogP contribution in [0.5, 0.6) is 0 Å². The molecule has 2 aromatic heterocycles. The first-order chi connectivity index (χ1) is 13.3. The highest BCUT2D eigenvalue weighted by Gasteiger charge is 2.15. The normalized spacial score (nSPS) is 12.0. The van der Waals surface area contributed by atoms with E-state index in [9.17, 15) is 12.8 Å². The molecule has 0 amide bonds. The number of benzene rings is 1. The molecule has 0 saturated carbocycles. The number of rotatable bonds is 9. The number of hydrogen-bond donors (Lipinski definition) is 2. The summed E-state index contributed by atoms with van der Waals surface area (Å²) < 4.78 is 41.6. The van der Waals surface area contributed by atoms with E-state index >= 15 is 0 Å². The van der Waals surface area contributed by atoms with Gasteiger partial charge in [-0.2, -0.15) is 4.52 Å². The van der Waals surface area contributed by atoms with Crippen LogP contribution >= 0.6 is 0 Å². The zero-order valence-corrected chi connectivity index (χ0v) is 16.6. The molecule has 10 heteroatoms. The van der Waals surface area contributed by atoms with Gasteiger partial charge in [0.2, 0.25) is 10.0 Å². The monoisotopic (exact) mass is 406 g/mol. The van der Waals surface area contributed by atoms with E-state index in [2.05, 4.69) is 39.2 Å². The van der Waals surface area contributed by atoms with E-state index in [0.717, 1.165) is 25.1 Å². The molecule has 0 aliphatic heterocycles. The first-order valence-corrected chi connectivity index (χ1v) is 10.5. The van der Waals surface area contributed by atoms with Crippen LogP contribution in [-0.4, -0.2) is 41.3 Å². The van der Waals surface area contributed by atoms with E-state index in [4.69, 9.17) is 0 Å². The quantitative estimate of drug-likeness (QED) is 0.565. The van der Waals surface area contributed by atoms with E-state index in [-0.39, 0.29) is 11.4 Å². The van der Waals surface area contributed by atoms with Crippen molar-refractivity contribution in [1.29, 1.82) is 0 Å². The van der Waals surface area contributed by atoms with Crippen LogP contribution in [0.25, 0.3) is 5.65 Å². The zero-order valence-electron chi connectivity index (χ0n) is 15.8. The van der Waals surface area contributed by atoms with Crippen molar-refractivity contribution in [1.82, 2.24) is 24.5 Å². The summed E-state index contributed by atoms with van der Waals surface area (Å²) >= 11 is 0. The molecule has 3 aromatic rings. The molecular weight excluding hydrogens is 383 g/mol. The molecule has 2 N–H and O–H groups in total. The zero-order chi connectivity index (χ0) is 20.1. The maximum Gasteiger partial charge on any atom is 0.240 e. The van der Waals surface area contributed by atoms with Gasteiger partial charge in [-0.25, -0.2) is 17.5 Å². The summed E-state index contributed by atoms with van der Waals surface area (Å²) in [5.74, 6) is 1.36. The molecule has 0 saturated heterocycles. The van der Waals surface area contributed by atoms with Crippen molar-refractivity contribution in [3.05, 3.63) is 48.0 Å². The Bertz CT molecular complexity index is 1030. The minimum absolute atomic E-state index is 0.00904. The number of hydrogen-bond acceptors (Lipinski definition) is 6. The van der Waals surface area contributed by atoms with Gasteiger partial charge >= 0.3 is 0 Å². The molecule has 0 unspecified atom stereocenters. The van der Waals surface area contributed by atoms with E-state index in [1.165, 1.54) is 12.1 Å². The van der Waals surface area contributed by atoms with Gasteiger partial charge < -0.3 is 5.32 Å². The first-order valence-electron chi connectivity index (χ1n) is 9.05. The van der Waals surface area contributed by atoms with Crippen LogP contribution in [0.1, 0.15) is 26.1 Å². The smallest absolute Gasteiger partial charge is 0.240 e. The average Bonchev–Trinajstić information content (AvgIpc) is 3.04. The molecule has 0 bridgehead atoms. The van der Waals surface area contributed by atoms with Crippen molar-refractivity contribution in [2.24, 2.45) is 5.92 Å². The van der Waals surface area contributed by atoms with Gasteiger partial charge in [-0.15, -0.1) is 15.3 Å². The Labute approximate surface area is 163 Å². The summed E-state index contributed by atoms with van der Waals surface area (Å²) in [5.41, 5.74) is 0.589. The predicted molar refractivity (Wildman–Crippen MR) is 104 cm³/mol. The van der Waals surface area contributed by atoms with Gasteiger partial charge in [-0.3, -0.25) is 0 Å². The van der Waals surface area contributed by atoms with Crippen molar-refractivity contribution in [3.8, 4) is 0 Å². The second kappa shape index (κ2) is 8.61. The average molecular weight is 406 g/mol. The summed E-state index contributed by atoms with van der Waals surface area (Å²) in [6, 6.07) is 8.31. The summed E-state index contributed by atoms with van der Waals surface area (Å²) in [7, 11) is -3.72. The Morgan fingerprint density at radius 2 is 1.82 bits per heavy atom. The van der Waals surface area contributed by atoms with Crippen LogP contribution in [0.2, 0.25) is 0 Å². The van der Waals surface area contributed by atoms with Crippen LogP contribution in [0.4, 0.5) is 10.2 Å². The summed E-state index contributed by atoms with van der Waals surface area (Å²) in [4.78, 5) is 0.00904. The highest BCUT2D eigenvalue weighted by molar-refractivity contribution is 7.89. The molecule has 0 spiro atoms. The van der Waals surface area contributed by atoms with Gasteiger partial charge in [0.1, 0.15) is 11.6 Å². The molecule has 150 valence electrons. The lowest BCUT2D eigenvalue weighted by Gasteiger charge is -2.08. The lowest BCUT2D eigenvalue weighted by Crippen LogP contribution is -2.26. The molecule has 28 heavy (non-hydrogen) atoms. The predicted octanol–water partition coefficient (Wildman–Crippen LogP) is 2.24. The van der Waals surface area contributed by atoms with Gasteiger partial charge in [-0.1, -0.05) is 13.8 Å². The van der Waals surface area contributed by atoms with Crippen LogP contribution in [0.15, 0.2) is 41.3 Å². The molecule has 2 heterocycles. The molecule has 0 radical (unpaired) electrons. The van der Waals surface area contributed by atoms with Crippen LogP contribution in [0, 0.1) is 11.7 Å². The third-order valence-corrected chi connectivity index (χ3v) is 5.60. The van der Waals surface area contributed by atoms with Gasteiger partial charge in [0.05, 0.1) is 4.90 Å². The third kappa shape index (κ3) is 5.02. The lowest BCUT2D eigenvalue weighted by atomic mass is 10.1. The number of aromatic nitrogens is 4. The number of fused-ring (bicyclic) bond motifs is 1. The van der Waals surface area contributed by atoms with Crippen molar-refractivity contribution < 1.29 is 12.8 Å². The maximum absolute atomic E-state index is 13.0. The van der Waals surface area contributed by atoms with Gasteiger partial charge in [-0.05, 0) is 48.7 Å². The van der Waals surface area contributed by atoms with E-state index in [1.54, 1.807) is 4.52 Å². The number of sulfonamides is 1. The van der Waals surface area contributed by atoms with Crippen LogP contribution < -0.4 is 10.0 Å². The fourth-order valence-corrected chi connectivity index (χ4v) is 3.60. The molecule has 0 aliphatic rings. The van der Waals surface area contributed by atoms with Crippen molar-refractivity contribution in [2.45, 2.75) is 31.6 Å². The van der Waals surface area contributed by atoms with E-state index in [1.807, 2.05) is 12.1 Å². The summed E-state index contributed by atoms with van der Waals surface area (Å²) in [6.45, 7) is 5.24. The van der Waals surface area contributed by atoms with Gasteiger partial charge in [0.15, 0.2) is 11.5 Å². The second-order valence-electron chi connectivity index (χ2n) is 6.82. The lowest BCUT2D eigenvalue weighted by molar-refractivity contribution is 0.579. The summed E-state index contributed by atoms with van der Waals surface area (Å²) in [5, 5.41) is 15.9. The molecule has 0 aliphatic carbocycles. The fraction of sp³-hybridized carbons (Fsp3) is 0.389. The van der Waals surface area contributed by atoms with Crippen LogP contribution in [0.3, 0.4) is 0 Å². The minimum atomic E-state index is -3.72. The standard InChI is InChI=1S/C18H23FN6O2S/c1-13(2)9-11-20-16-7-8-17-22-23-18(25(17)24-16)10-12-21-28(26,27)15-5-3-14(19)4-6-15/h3-8,13,21H,9-12H2,1-2H3,(H,20,24). The van der Waals surface area contributed by atoms with Gasteiger partial charge in [0, 0.05) is 19.5 Å². The number of anilines is 1. The van der Waals surface area contributed by atoms with E-state index in [0.29, 0.717) is 29.6 Å². The highest BCUT2D eigenvalue weighted by Crippen LogP contribution is 2.11. The Balaban J connectivity index is 1.64. The molecule has 0 atom stereocenters. The largest absolute Gasteiger partial charge is 0.369 e. The topological polar surface area (TPSA) is 101 Å². The third-order valence-electron chi connectivity index (χ3n) is 4.12. The van der Waals surface area contributed by atoms with Crippen LogP contribution in [-0.2, 0) is 16.4 Å². The Hall–Kier alpha value is -2.59. The van der Waals surface area contributed by atoms with E-state index < -0.39 is 15.8 Å². The number of nitrogens with one attached hydrogen (secondary N) is 2. The molecule has 0 fully saturated rings. The molecule has 8 nitrogen and oxygen atoms in total.